The van der Waals surface area contributed by atoms with Crippen LogP contribution in [0.4, 0.5) is 0 Å². The van der Waals surface area contributed by atoms with Crippen LogP contribution in [0.15, 0.2) is 24.3 Å². The Balaban J connectivity index is 4.30. The van der Waals surface area contributed by atoms with Crippen molar-refractivity contribution in [1.82, 2.24) is 0 Å². The van der Waals surface area contributed by atoms with E-state index in [1.807, 2.05) is 0 Å². The van der Waals surface area contributed by atoms with Gasteiger partial charge >= 0.3 is 19.8 Å². The summed E-state index contributed by atoms with van der Waals surface area (Å²) in [5.74, 6) is -0.852. The molecule has 0 aromatic heterocycles. The molecule has 2 atom stereocenters. The first-order chi connectivity index (χ1) is 20.8. The van der Waals surface area contributed by atoms with E-state index in [4.69, 9.17) is 24.3 Å². The van der Waals surface area contributed by atoms with Gasteiger partial charge in [0.15, 0.2) is 6.10 Å². The van der Waals surface area contributed by atoms with Crippen molar-refractivity contribution in [3.05, 3.63) is 24.3 Å². The number of hydrogen-bond acceptors (Lipinski definition) is 8. The van der Waals surface area contributed by atoms with Crippen molar-refractivity contribution < 1.29 is 37.6 Å². The van der Waals surface area contributed by atoms with Crippen LogP contribution in [0.25, 0.3) is 0 Å². The summed E-state index contributed by atoms with van der Waals surface area (Å²) in [4.78, 5) is 34.4. The maximum Gasteiger partial charge on any atom is 0.472 e. The molecule has 0 saturated carbocycles. The lowest BCUT2D eigenvalue weighted by atomic mass is 10.1. The predicted octanol–water partition coefficient (Wildman–Crippen LogP) is 8.49. The Morgan fingerprint density at radius 2 is 1.23 bits per heavy atom. The molecule has 0 radical (unpaired) electrons. The van der Waals surface area contributed by atoms with E-state index in [-0.39, 0.29) is 32.6 Å². The van der Waals surface area contributed by atoms with Crippen LogP contribution in [0.2, 0.25) is 0 Å². The molecule has 9 nitrogen and oxygen atoms in total. The highest BCUT2D eigenvalue weighted by Crippen LogP contribution is 2.43. The molecule has 2 unspecified atom stereocenters. The third-order valence-electron chi connectivity index (χ3n) is 6.84. The van der Waals surface area contributed by atoms with Crippen LogP contribution in [-0.4, -0.2) is 49.3 Å². The average molecular weight is 632 g/mol. The fourth-order valence-electron chi connectivity index (χ4n) is 4.30. The van der Waals surface area contributed by atoms with Crippen molar-refractivity contribution in [2.24, 2.45) is 5.73 Å². The van der Waals surface area contributed by atoms with Crippen LogP contribution in [-0.2, 0) is 32.7 Å². The smallest absolute Gasteiger partial charge is 0.462 e. The maximum absolute atomic E-state index is 12.4. The van der Waals surface area contributed by atoms with Gasteiger partial charge in [0.2, 0.25) is 0 Å². The number of phosphoric ester groups is 1. The van der Waals surface area contributed by atoms with Crippen LogP contribution in [0.1, 0.15) is 142 Å². The number of unbranched alkanes of at least 4 members (excludes halogenated alkanes) is 14. The topological polar surface area (TPSA) is 134 Å². The lowest BCUT2D eigenvalue weighted by Gasteiger charge is -2.19. The normalized spacial score (nSPS) is 13.9. The standard InChI is InChI=1S/C33H62NO8P/c1-3-5-7-9-11-13-14-15-16-17-18-20-22-24-26-33(36)42-31(30-41-43(37,38)40-28-27-34)29-39-32(35)25-23-21-19-12-10-8-6-4-2/h9,11,14-15,31H,3-8,10,12-13,16-30,34H2,1-2H3,(H,37,38)/b11-9-,15-14-. The summed E-state index contributed by atoms with van der Waals surface area (Å²) in [6.45, 7) is 3.61. The molecule has 0 fully saturated rings. The molecule has 0 aromatic rings. The Bertz CT molecular complexity index is 774. The Morgan fingerprint density at radius 3 is 1.84 bits per heavy atom. The largest absolute Gasteiger partial charge is 0.472 e. The molecule has 0 amide bonds. The first-order valence-corrected chi connectivity index (χ1v) is 18.3. The van der Waals surface area contributed by atoms with E-state index in [1.54, 1.807) is 0 Å². The third kappa shape index (κ3) is 30.3. The molecule has 0 spiro atoms. The number of allylic oxidation sites excluding steroid dienone is 4. The molecule has 0 aliphatic carbocycles. The number of nitrogens with two attached hydrogens (primary N) is 1. The van der Waals surface area contributed by atoms with Gasteiger partial charge in [-0.25, -0.2) is 4.57 Å². The van der Waals surface area contributed by atoms with E-state index in [9.17, 15) is 19.0 Å². The molecule has 10 heteroatoms. The van der Waals surface area contributed by atoms with Crippen LogP contribution in [0, 0.1) is 0 Å². The van der Waals surface area contributed by atoms with E-state index < -0.39 is 32.5 Å². The molecule has 3 N–H and O–H groups in total. The fraction of sp³-hybridized carbons (Fsp3) is 0.818. The second-order valence-corrected chi connectivity index (χ2v) is 12.5. The quantitative estimate of drug-likeness (QED) is 0.0334. The molecular formula is C33H62NO8P. The van der Waals surface area contributed by atoms with Crippen LogP contribution < -0.4 is 5.73 Å². The van der Waals surface area contributed by atoms with Gasteiger partial charge < -0.3 is 20.1 Å². The van der Waals surface area contributed by atoms with Crippen molar-refractivity contribution in [3.63, 3.8) is 0 Å². The zero-order valence-corrected chi connectivity index (χ0v) is 28.1. The summed E-state index contributed by atoms with van der Waals surface area (Å²) in [7, 11) is -4.36. The molecule has 252 valence electrons. The van der Waals surface area contributed by atoms with E-state index >= 15 is 0 Å². The minimum Gasteiger partial charge on any atom is -0.462 e. The summed E-state index contributed by atoms with van der Waals surface area (Å²) in [5, 5.41) is 0. The van der Waals surface area contributed by atoms with Gasteiger partial charge in [0, 0.05) is 19.4 Å². The fourth-order valence-corrected chi connectivity index (χ4v) is 5.06. The number of hydrogen-bond donors (Lipinski definition) is 2. The second-order valence-electron chi connectivity index (χ2n) is 11.0. The molecule has 0 bridgehead atoms. The molecule has 0 saturated heterocycles. The predicted molar refractivity (Wildman–Crippen MR) is 174 cm³/mol. The lowest BCUT2D eigenvalue weighted by molar-refractivity contribution is -0.161. The number of rotatable bonds is 31. The second kappa shape index (κ2) is 30.5. The van der Waals surface area contributed by atoms with Crippen LogP contribution in [0.3, 0.4) is 0 Å². The Hall–Kier alpha value is -1.51. The molecule has 0 aliphatic rings. The van der Waals surface area contributed by atoms with Gasteiger partial charge in [0.05, 0.1) is 13.2 Å². The van der Waals surface area contributed by atoms with Gasteiger partial charge in [-0.05, 0) is 38.5 Å². The molecular weight excluding hydrogens is 569 g/mol. The van der Waals surface area contributed by atoms with Gasteiger partial charge in [0.25, 0.3) is 0 Å². The maximum atomic E-state index is 12.4. The first-order valence-electron chi connectivity index (χ1n) is 16.8. The Labute approximate surface area is 261 Å². The highest BCUT2D eigenvalue weighted by Gasteiger charge is 2.25. The van der Waals surface area contributed by atoms with Crippen molar-refractivity contribution in [2.75, 3.05) is 26.4 Å². The summed E-state index contributed by atoms with van der Waals surface area (Å²) in [6.07, 6.45) is 27.9. The third-order valence-corrected chi connectivity index (χ3v) is 7.82. The van der Waals surface area contributed by atoms with Gasteiger partial charge in [-0.1, -0.05) is 115 Å². The molecule has 0 rings (SSSR count). The first kappa shape index (κ1) is 41.5. The van der Waals surface area contributed by atoms with Gasteiger partial charge in [0.1, 0.15) is 6.61 Å². The molecule has 0 aromatic carbocycles. The monoisotopic (exact) mass is 631 g/mol. The minimum atomic E-state index is -4.36. The van der Waals surface area contributed by atoms with Gasteiger partial charge in [-0.3, -0.25) is 18.6 Å². The Kier molecular flexibility index (Phi) is 29.4. The highest BCUT2D eigenvalue weighted by molar-refractivity contribution is 7.47. The number of carbonyl (C=O) groups excluding carboxylic acids is 2. The summed E-state index contributed by atoms with van der Waals surface area (Å²) >= 11 is 0. The number of esters is 2. The van der Waals surface area contributed by atoms with E-state index in [1.165, 1.54) is 44.9 Å². The van der Waals surface area contributed by atoms with Crippen molar-refractivity contribution in [3.8, 4) is 0 Å². The lowest BCUT2D eigenvalue weighted by Crippen LogP contribution is -2.29. The van der Waals surface area contributed by atoms with Gasteiger partial charge in [-0.15, -0.1) is 0 Å². The SMILES string of the molecule is CCCC/C=C\C/C=C\CCCCCCCC(=O)OC(COC(=O)CCCCCCCCCC)COP(=O)(O)OCCN. The average Bonchev–Trinajstić information content (AvgIpc) is 2.99. The van der Waals surface area contributed by atoms with E-state index in [0.29, 0.717) is 6.42 Å². The van der Waals surface area contributed by atoms with Crippen molar-refractivity contribution in [2.45, 2.75) is 148 Å². The molecule has 0 aliphatic heterocycles. The van der Waals surface area contributed by atoms with Crippen LogP contribution >= 0.6 is 7.82 Å². The molecule has 0 heterocycles. The number of phosphoric acid groups is 1. The van der Waals surface area contributed by atoms with Crippen molar-refractivity contribution >= 4 is 19.8 Å². The summed E-state index contributed by atoms with van der Waals surface area (Å²) < 4.78 is 32.4. The zero-order chi connectivity index (χ0) is 31.9. The number of carbonyl (C=O) groups is 2. The summed E-state index contributed by atoms with van der Waals surface area (Å²) in [6, 6.07) is 0. The number of ether oxygens (including phenoxy) is 2. The molecule has 43 heavy (non-hydrogen) atoms. The zero-order valence-electron chi connectivity index (χ0n) is 27.2. The minimum absolute atomic E-state index is 0.0518. The van der Waals surface area contributed by atoms with E-state index in [0.717, 1.165) is 64.2 Å². The van der Waals surface area contributed by atoms with Gasteiger partial charge in [-0.2, -0.15) is 0 Å². The van der Waals surface area contributed by atoms with Crippen molar-refractivity contribution in [1.29, 1.82) is 0 Å². The Morgan fingerprint density at radius 1 is 0.698 bits per heavy atom. The summed E-state index contributed by atoms with van der Waals surface area (Å²) in [5.41, 5.74) is 5.31. The highest BCUT2D eigenvalue weighted by atomic mass is 31.2. The van der Waals surface area contributed by atoms with Crippen LogP contribution in [0.5, 0.6) is 0 Å². The van der Waals surface area contributed by atoms with E-state index in [2.05, 4.69) is 38.2 Å².